The molecule has 0 aromatic rings. The van der Waals surface area contributed by atoms with Crippen LogP contribution in [0, 0.1) is 0 Å². The van der Waals surface area contributed by atoms with Gasteiger partial charge in [-0.15, -0.1) is 0 Å². The van der Waals surface area contributed by atoms with Crippen molar-refractivity contribution in [2.24, 2.45) is 0 Å². The number of rotatable bonds is 2. The molecular weight excluding hydrogens is 140 g/mol. The molecule has 0 amide bonds. The van der Waals surface area contributed by atoms with E-state index in [1.807, 2.05) is 0 Å². The summed E-state index contributed by atoms with van der Waals surface area (Å²) in [6.07, 6.45) is 2.46. The van der Waals surface area contributed by atoms with Crippen molar-refractivity contribution in [3.63, 3.8) is 0 Å². The Hall–Kier alpha value is -0.350. The predicted octanol–water partition coefficient (Wildman–Crippen LogP) is -0.0565. The quantitative estimate of drug-likeness (QED) is 0.407. The van der Waals surface area contributed by atoms with Gasteiger partial charge in [-0.3, -0.25) is 0 Å². The Labute approximate surface area is 54.2 Å². The van der Waals surface area contributed by atoms with Gasteiger partial charge in [0.15, 0.2) is 9.84 Å². The fourth-order valence-electron chi connectivity index (χ4n) is 0.554. The molecule has 1 rings (SSSR count). The highest BCUT2D eigenvalue weighted by Crippen LogP contribution is 2.33. The van der Waals surface area contributed by atoms with Crippen molar-refractivity contribution in [1.29, 1.82) is 0 Å². The summed E-state index contributed by atoms with van der Waals surface area (Å²) in [4.78, 5) is -1.03. The smallest absolute Gasteiger partial charge is 0.210 e. The van der Waals surface area contributed by atoms with Gasteiger partial charge in [-0.2, -0.15) is 0 Å². The van der Waals surface area contributed by atoms with E-state index in [9.17, 15) is 8.42 Å². The van der Waals surface area contributed by atoms with Crippen molar-refractivity contribution in [1.82, 2.24) is 0 Å². The maximum atomic E-state index is 10.8. The molecule has 0 N–H and O–H groups in total. The first-order valence-electron chi connectivity index (χ1n) is 2.49. The minimum absolute atomic E-state index is 0.259. The van der Waals surface area contributed by atoms with Crippen LogP contribution in [0.2, 0.25) is 0 Å². The van der Waals surface area contributed by atoms with Gasteiger partial charge in [-0.25, -0.2) is 8.42 Å². The molecule has 0 aliphatic carbocycles. The molecular formula is C5H8O3S. The van der Waals surface area contributed by atoms with Crippen molar-refractivity contribution >= 4 is 9.84 Å². The fraction of sp³-hybridized carbons (Fsp3) is 0.600. The highest BCUT2D eigenvalue weighted by Gasteiger charge is 2.51. The van der Waals surface area contributed by atoms with E-state index in [4.69, 9.17) is 4.74 Å². The van der Waals surface area contributed by atoms with Crippen LogP contribution in [0.1, 0.15) is 0 Å². The SMILES string of the molecule is C=CC1(S(C)(=O)=O)CO1. The summed E-state index contributed by atoms with van der Waals surface area (Å²) in [6.45, 7) is 3.62. The summed E-state index contributed by atoms with van der Waals surface area (Å²) in [6, 6.07) is 0. The summed E-state index contributed by atoms with van der Waals surface area (Å²) in [5, 5.41) is 0. The Morgan fingerprint density at radius 2 is 2.22 bits per heavy atom. The van der Waals surface area contributed by atoms with Gasteiger partial charge in [0.25, 0.3) is 0 Å². The van der Waals surface area contributed by atoms with E-state index >= 15 is 0 Å². The Kier molecular flexibility index (Phi) is 1.18. The van der Waals surface area contributed by atoms with Gasteiger partial charge in [0, 0.05) is 6.26 Å². The number of hydrogen-bond acceptors (Lipinski definition) is 3. The molecule has 0 bridgehead atoms. The molecule has 1 aliphatic rings. The van der Waals surface area contributed by atoms with Crippen LogP contribution >= 0.6 is 0 Å². The van der Waals surface area contributed by atoms with E-state index in [2.05, 4.69) is 6.58 Å². The summed E-state index contributed by atoms with van der Waals surface area (Å²) in [5.74, 6) is 0. The largest absolute Gasteiger partial charge is 0.349 e. The van der Waals surface area contributed by atoms with Gasteiger partial charge >= 0.3 is 0 Å². The van der Waals surface area contributed by atoms with Gasteiger partial charge in [-0.05, 0) is 6.08 Å². The number of hydrogen-bond donors (Lipinski definition) is 0. The Balaban J connectivity index is 2.97. The maximum Gasteiger partial charge on any atom is 0.210 e. The first-order chi connectivity index (χ1) is 4.02. The molecule has 1 saturated heterocycles. The van der Waals surface area contributed by atoms with E-state index in [0.717, 1.165) is 6.26 Å². The summed E-state index contributed by atoms with van der Waals surface area (Å²) in [5.41, 5.74) is 0. The van der Waals surface area contributed by atoms with Crippen LogP contribution in [0.25, 0.3) is 0 Å². The molecule has 9 heavy (non-hydrogen) atoms. The van der Waals surface area contributed by atoms with Crippen LogP contribution in [0.15, 0.2) is 12.7 Å². The average Bonchev–Trinajstić information content (AvgIpc) is 2.40. The minimum Gasteiger partial charge on any atom is -0.349 e. The lowest BCUT2D eigenvalue weighted by Crippen LogP contribution is -2.19. The van der Waals surface area contributed by atoms with Crippen molar-refractivity contribution < 1.29 is 13.2 Å². The third-order valence-corrected chi connectivity index (χ3v) is 3.03. The zero-order valence-electron chi connectivity index (χ0n) is 5.12. The van der Waals surface area contributed by atoms with E-state index in [1.165, 1.54) is 6.08 Å². The molecule has 1 heterocycles. The van der Waals surface area contributed by atoms with Crippen molar-refractivity contribution in [3.8, 4) is 0 Å². The standard InChI is InChI=1S/C5H8O3S/c1-3-5(4-8-5)9(2,6)7/h3H,1,4H2,2H3. The van der Waals surface area contributed by atoms with Crippen LogP contribution in [0.4, 0.5) is 0 Å². The lowest BCUT2D eigenvalue weighted by molar-refractivity contribution is 0.406. The second kappa shape index (κ2) is 1.58. The topological polar surface area (TPSA) is 46.7 Å². The Bertz CT molecular complexity index is 223. The Morgan fingerprint density at radius 1 is 1.78 bits per heavy atom. The molecule has 52 valence electrons. The van der Waals surface area contributed by atoms with Crippen LogP contribution in [0.5, 0.6) is 0 Å². The molecule has 4 heteroatoms. The summed E-state index contributed by atoms with van der Waals surface area (Å²) < 4.78 is 26.2. The highest BCUT2D eigenvalue weighted by atomic mass is 32.2. The molecule has 1 aliphatic heterocycles. The number of epoxide rings is 1. The lowest BCUT2D eigenvalue weighted by Gasteiger charge is -1.99. The number of sulfone groups is 1. The predicted molar refractivity (Wildman–Crippen MR) is 33.7 cm³/mol. The van der Waals surface area contributed by atoms with Gasteiger partial charge in [0.2, 0.25) is 4.93 Å². The van der Waals surface area contributed by atoms with Gasteiger partial charge in [0.1, 0.15) is 0 Å². The van der Waals surface area contributed by atoms with E-state index in [-0.39, 0.29) is 6.61 Å². The number of ether oxygens (including phenoxy) is 1. The van der Waals surface area contributed by atoms with Crippen LogP contribution < -0.4 is 0 Å². The molecule has 0 radical (unpaired) electrons. The summed E-state index contributed by atoms with van der Waals surface area (Å²) >= 11 is 0. The summed E-state index contributed by atoms with van der Waals surface area (Å²) in [7, 11) is -3.08. The van der Waals surface area contributed by atoms with Crippen molar-refractivity contribution in [2.45, 2.75) is 4.93 Å². The van der Waals surface area contributed by atoms with E-state index in [0.29, 0.717) is 0 Å². The van der Waals surface area contributed by atoms with Gasteiger partial charge in [0.05, 0.1) is 6.61 Å². The van der Waals surface area contributed by atoms with Crippen LogP contribution in [-0.2, 0) is 14.6 Å². The second-order valence-corrected chi connectivity index (χ2v) is 4.31. The third kappa shape index (κ3) is 0.881. The molecule has 0 aromatic heterocycles. The van der Waals surface area contributed by atoms with Gasteiger partial charge in [-0.1, -0.05) is 6.58 Å². The van der Waals surface area contributed by atoms with E-state index in [1.54, 1.807) is 0 Å². The highest BCUT2D eigenvalue weighted by molar-refractivity contribution is 7.92. The molecule has 0 saturated carbocycles. The monoisotopic (exact) mass is 148 g/mol. The lowest BCUT2D eigenvalue weighted by atomic mass is 10.5. The minimum atomic E-state index is -3.08. The molecule has 0 spiro atoms. The molecule has 3 nitrogen and oxygen atoms in total. The Morgan fingerprint density at radius 3 is 2.22 bits per heavy atom. The first kappa shape index (κ1) is 6.77. The van der Waals surface area contributed by atoms with E-state index < -0.39 is 14.8 Å². The average molecular weight is 148 g/mol. The molecule has 1 unspecified atom stereocenters. The first-order valence-corrected chi connectivity index (χ1v) is 4.38. The maximum absolute atomic E-state index is 10.8. The normalized spacial score (nSPS) is 33.9. The zero-order valence-corrected chi connectivity index (χ0v) is 5.94. The molecule has 1 atom stereocenters. The zero-order chi connectivity index (χ0) is 7.12. The van der Waals surface area contributed by atoms with Crippen molar-refractivity contribution in [2.75, 3.05) is 12.9 Å². The van der Waals surface area contributed by atoms with Gasteiger partial charge < -0.3 is 4.74 Å². The molecule has 1 fully saturated rings. The molecule has 0 aromatic carbocycles. The fourth-order valence-corrected chi connectivity index (χ4v) is 1.34. The van der Waals surface area contributed by atoms with Crippen molar-refractivity contribution in [3.05, 3.63) is 12.7 Å². The third-order valence-electron chi connectivity index (χ3n) is 1.37. The van der Waals surface area contributed by atoms with Crippen LogP contribution in [-0.4, -0.2) is 26.2 Å². The second-order valence-electron chi connectivity index (χ2n) is 2.08. The van der Waals surface area contributed by atoms with Crippen LogP contribution in [0.3, 0.4) is 0 Å².